The van der Waals surface area contributed by atoms with E-state index in [1.807, 2.05) is 0 Å². The van der Waals surface area contributed by atoms with Gasteiger partial charge in [0.05, 0.1) is 11.8 Å². The highest BCUT2D eigenvalue weighted by molar-refractivity contribution is 5.96. The first kappa shape index (κ1) is 10.8. The van der Waals surface area contributed by atoms with Gasteiger partial charge < -0.3 is 19.5 Å². The Morgan fingerprint density at radius 3 is 3.25 bits per heavy atom. The number of rotatable bonds is 5. The molecule has 1 amide bonds. The quantitative estimate of drug-likeness (QED) is 0.754. The van der Waals surface area contributed by atoms with Gasteiger partial charge in [-0.15, -0.1) is 0 Å². The molecule has 2 N–H and O–H groups in total. The van der Waals surface area contributed by atoms with Crippen molar-refractivity contribution >= 4 is 17.0 Å². The summed E-state index contributed by atoms with van der Waals surface area (Å²) in [5.41, 5.74) is 2.05. The predicted octanol–water partition coefficient (Wildman–Crippen LogP) is 1.53. The van der Waals surface area contributed by atoms with Crippen LogP contribution in [0.1, 0.15) is 16.9 Å². The van der Waals surface area contributed by atoms with E-state index in [0.717, 1.165) is 11.9 Å². The van der Waals surface area contributed by atoms with Crippen LogP contribution in [0.25, 0.3) is 11.1 Å². The summed E-state index contributed by atoms with van der Waals surface area (Å²) in [6.07, 6.45) is 2.39. The second-order valence-electron chi connectivity index (χ2n) is 3.48. The number of fused-ring (bicyclic) bond motifs is 1. The van der Waals surface area contributed by atoms with Gasteiger partial charge in [-0.05, 0) is 6.42 Å². The zero-order valence-corrected chi connectivity index (χ0v) is 9.08. The number of carbonyl (C=O) groups excluding carboxylic acids is 1. The Hall–Kier alpha value is -1.75. The van der Waals surface area contributed by atoms with Crippen LogP contribution in [0.4, 0.5) is 0 Å². The summed E-state index contributed by atoms with van der Waals surface area (Å²) in [5.74, 6) is -0.123. The van der Waals surface area contributed by atoms with Gasteiger partial charge in [0.15, 0.2) is 5.58 Å². The zero-order valence-electron chi connectivity index (χ0n) is 9.08. The molecule has 0 bridgehead atoms. The molecule has 0 spiro atoms. The van der Waals surface area contributed by atoms with Gasteiger partial charge in [0.1, 0.15) is 5.69 Å². The number of H-pyrrole nitrogens is 1. The first-order valence-corrected chi connectivity index (χ1v) is 5.14. The Kier molecular flexibility index (Phi) is 3.26. The molecular weight excluding hydrogens is 208 g/mol. The number of hydrogen-bond acceptors (Lipinski definition) is 3. The minimum absolute atomic E-state index is 0.123. The molecule has 0 atom stereocenters. The third kappa shape index (κ3) is 2.25. The van der Waals surface area contributed by atoms with Gasteiger partial charge in [-0.2, -0.15) is 0 Å². The lowest BCUT2D eigenvalue weighted by atomic mass is 10.4. The Balaban J connectivity index is 1.92. The van der Waals surface area contributed by atoms with E-state index in [4.69, 9.17) is 9.15 Å². The molecule has 16 heavy (non-hydrogen) atoms. The van der Waals surface area contributed by atoms with E-state index in [0.29, 0.717) is 24.4 Å². The second kappa shape index (κ2) is 4.85. The van der Waals surface area contributed by atoms with Crippen LogP contribution in [0.3, 0.4) is 0 Å². The van der Waals surface area contributed by atoms with Crippen LogP contribution in [0.15, 0.2) is 22.8 Å². The molecule has 0 aliphatic heterocycles. The van der Waals surface area contributed by atoms with Crippen molar-refractivity contribution in [2.24, 2.45) is 0 Å². The van der Waals surface area contributed by atoms with E-state index >= 15 is 0 Å². The third-order valence-corrected chi connectivity index (χ3v) is 2.30. The van der Waals surface area contributed by atoms with Crippen LogP contribution >= 0.6 is 0 Å². The number of methoxy groups -OCH3 is 1. The van der Waals surface area contributed by atoms with Crippen LogP contribution in [0.2, 0.25) is 0 Å². The van der Waals surface area contributed by atoms with Crippen LogP contribution in [-0.4, -0.2) is 31.2 Å². The van der Waals surface area contributed by atoms with Gasteiger partial charge in [-0.25, -0.2) is 0 Å². The molecule has 0 saturated carbocycles. The van der Waals surface area contributed by atoms with Crippen LogP contribution in [-0.2, 0) is 4.74 Å². The fourth-order valence-electron chi connectivity index (χ4n) is 1.48. The Morgan fingerprint density at radius 1 is 1.62 bits per heavy atom. The van der Waals surface area contributed by atoms with Crippen molar-refractivity contribution in [1.29, 1.82) is 0 Å². The summed E-state index contributed by atoms with van der Waals surface area (Å²) in [7, 11) is 1.64. The lowest BCUT2D eigenvalue weighted by Gasteiger charge is -2.02. The van der Waals surface area contributed by atoms with Gasteiger partial charge in [0.25, 0.3) is 5.91 Å². The summed E-state index contributed by atoms with van der Waals surface area (Å²) >= 11 is 0. The highest BCUT2D eigenvalue weighted by atomic mass is 16.5. The first-order valence-electron chi connectivity index (χ1n) is 5.14. The average molecular weight is 222 g/mol. The largest absolute Gasteiger partial charge is 0.463 e. The monoisotopic (exact) mass is 222 g/mol. The van der Waals surface area contributed by atoms with Gasteiger partial charge in [0, 0.05) is 32.4 Å². The molecular formula is C11H14N2O3. The molecule has 0 aliphatic rings. The summed E-state index contributed by atoms with van der Waals surface area (Å²) in [6.45, 7) is 1.25. The van der Waals surface area contributed by atoms with E-state index in [1.54, 1.807) is 25.5 Å². The van der Waals surface area contributed by atoms with E-state index < -0.39 is 0 Å². The molecule has 5 heteroatoms. The van der Waals surface area contributed by atoms with Crippen LogP contribution < -0.4 is 5.32 Å². The number of hydrogen-bond donors (Lipinski definition) is 2. The molecule has 0 aromatic carbocycles. The molecule has 2 aromatic rings. The summed E-state index contributed by atoms with van der Waals surface area (Å²) in [5, 5.41) is 2.79. The van der Waals surface area contributed by atoms with Crippen LogP contribution in [0, 0.1) is 0 Å². The minimum atomic E-state index is -0.123. The normalized spacial score (nSPS) is 10.8. The lowest BCUT2D eigenvalue weighted by molar-refractivity contribution is 0.0944. The number of furan rings is 1. The summed E-state index contributed by atoms with van der Waals surface area (Å²) in [6, 6.07) is 3.48. The van der Waals surface area contributed by atoms with Gasteiger partial charge in [-0.3, -0.25) is 4.79 Å². The minimum Gasteiger partial charge on any atom is -0.463 e. The van der Waals surface area contributed by atoms with Crippen molar-refractivity contribution in [2.75, 3.05) is 20.3 Å². The Morgan fingerprint density at radius 2 is 2.50 bits per heavy atom. The molecule has 0 unspecified atom stereocenters. The number of ether oxygens (including phenoxy) is 1. The fraction of sp³-hybridized carbons (Fsp3) is 0.364. The topological polar surface area (TPSA) is 67.3 Å². The third-order valence-electron chi connectivity index (χ3n) is 2.30. The lowest BCUT2D eigenvalue weighted by Crippen LogP contribution is -2.25. The maximum atomic E-state index is 11.7. The smallest absolute Gasteiger partial charge is 0.267 e. The van der Waals surface area contributed by atoms with Crippen LogP contribution in [0.5, 0.6) is 0 Å². The van der Waals surface area contributed by atoms with Crippen molar-refractivity contribution in [3.05, 3.63) is 24.1 Å². The molecule has 86 valence electrons. The van der Waals surface area contributed by atoms with E-state index in [2.05, 4.69) is 10.3 Å². The number of amides is 1. The molecule has 0 saturated heterocycles. The Labute approximate surface area is 92.8 Å². The SMILES string of the molecule is COCCCNC(=O)c1cc2occc2[nH]1. The van der Waals surface area contributed by atoms with E-state index in [9.17, 15) is 4.79 Å². The molecule has 2 aromatic heterocycles. The predicted molar refractivity (Wildman–Crippen MR) is 59.4 cm³/mol. The molecule has 0 radical (unpaired) electrons. The van der Waals surface area contributed by atoms with Gasteiger partial charge in [0.2, 0.25) is 0 Å². The van der Waals surface area contributed by atoms with Crippen molar-refractivity contribution in [2.45, 2.75) is 6.42 Å². The highest BCUT2D eigenvalue weighted by Gasteiger charge is 2.09. The highest BCUT2D eigenvalue weighted by Crippen LogP contribution is 2.15. The number of aromatic amines is 1. The summed E-state index contributed by atoms with van der Waals surface area (Å²) in [4.78, 5) is 14.6. The number of carbonyl (C=O) groups is 1. The van der Waals surface area contributed by atoms with Crippen molar-refractivity contribution in [3.63, 3.8) is 0 Å². The second-order valence-corrected chi connectivity index (χ2v) is 3.48. The van der Waals surface area contributed by atoms with Gasteiger partial charge in [-0.1, -0.05) is 0 Å². The number of aromatic nitrogens is 1. The van der Waals surface area contributed by atoms with Crippen molar-refractivity contribution in [3.8, 4) is 0 Å². The fourth-order valence-corrected chi connectivity index (χ4v) is 1.48. The first-order chi connectivity index (χ1) is 7.81. The van der Waals surface area contributed by atoms with E-state index in [-0.39, 0.29) is 5.91 Å². The Bertz CT molecular complexity index is 444. The molecule has 2 heterocycles. The van der Waals surface area contributed by atoms with Gasteiger partial charge >= 0.3 is 0 Å². The molecule has 2 rings (SSSR count). The molecule has 0 aliphatic carbocycles. The number of nitrogens with one attached hydrogen (secondary N) is 2. The average Bonchev–Trinajstić information content (AvgIpc) is 2.83. The molecule has 5 nitrogen and oxygen atoms in total. The summed E-state index contributed by atoms with van der Waals surface area (Å²) < 4.78 is 10.1. The maximum Gasteiger partial charge on any atom is 0.267 e. The maximum absolute atomic E-state index is 11.7. The standard InChI is InChI=1S/C11H14N2O3/c1-15-5-2-4-12-11(14)9-7-10-8(13-9)3-6-16-10/h3,6-7,13H,2,4-5H2,1H3,(H,12,14). The molecule has 0 fully saturated rings. The van der Waals surface area contributed by atoms with Crippen molar-refractivity contribution in [1.82, 2.24) is 10.3 Å². The van der Waals surface area contributed by atoms with Crippen molar-refractivity contribution < 1.29 is 13.9 Å². The van der Waals surface area contributed by atoms with E-state index in [1.165, 1.54) is 0 Å². The zero-order chi connectivity index (χ0) is 11.4.